The predicted octanol–water partition coefficient (Wildman–Crippen LogP) is 3.13. The van der Waals surface area contributed by atoms with Gasteiger partial charge in [0.25, 0.3) is 0 Å². The third-order valence-electron chi connectivity index (χ3n) is 4.18. The fourth-order valence-corrected chi connectivity index (χ4v) is 2.69. The average Bonchev–Trinajstić information content (AvgIpc) is 2.89. The third kappa shape index (κ3) is 2.24. The Labute approximate surface area is 128 Å². The summed E-state index contributed by atoms with van der Waals surface area (Å²) in [6.07, 6.45) is 5.09. The summed E-state index contributed by atoms with van der Waals surface area (Å²) in [5.74, 6) is 1.07. The average molecular weight is 292 g/mol. The van der Waals surface area contributed by atoms with Gasteiger partial charge in [0, 0.05) is 23.4 Å². The molecule has 0 radical (unpaired) electrons. The summed E-state index contributed by atoms with van der Waals surface area (Å²) in [6, 6.07) is 13.5. The second-order valence-electron chi connectivity index (χ2n) is 5.65. The highest BCUT2D eigenvalue weighted by Gasteiger charge is 2.25. The Kier molecular flexibility index (Phi) is 3.11. The fraction of sp³-hybridized carbons (Fsp3) is 0.235. The second kappa shape index (κ2) is 5.26. The summed E-state index contributed by atoms with van der Waals surface area (Å²) >= 11 is 0. The number of anilines is 1. The predicted molar refractivity (Wildman–Crippen MR) is 84.4 cm³/mol. The van der Waals surface area contributed by atoms with E-state index in [4.69, 9.17) is 0 Å². The molecular weight excluding hydrogens is 276 g/mol. The van der Waals surface area contributed by atoms with Gasteiger partial charge >= 0.3 is 0 Å². The number of aromatic nitrogens is 3. The first-order valence-corrected chi connectivity index (χ1v) is 7.52. The molecule has 1 aromatic carbocycles. The van der Waals surface area contributed by atoms with Crippen molar-refractivity contribution < 1.29 is 4.79 Å². The van der Waals surface area contributed by atoms with Crippen LogP contribution in [0.15, 0.2) is 48.7 Å². The first-order valence-electron chi connectivity index (χ1n) is 7.52. The molecular formula is C17H16N4O. The third-order valence-corrected chi connectivity index (χ3v) is 4.18. The summed E-state index contributed by atoms with van der Waals surface area (Å²) in [5.41, 5.74) is 2.55. The first kappa shape index (κ1) is 13.0. The van der Waals surface area contributed by atoms with Gasteiger partial charge in [0.05, 0.1) is 0 Å². The minimum absolute atomic E-state index is 0.120. The zero-order valence-electron chi connectivity index (χ0n) is 12.1. The molecule has 0 unspecified atom stereocenters. The molecule has 0 atom stereocenters. The van der Waals surface area contributed by atoms with Crippen LogP contribution in [0.1, 0.15) is 19.3 Å². The van der Waals surface area contributed by atoms with Gasteiger partial charge in [-0.1, -0.05) is 24.6 Å². The summed E-state index contributed by atoms with van der Waals surface area (Å²) in [7, 11) is 0. The van der Waals surface area contributed by atoms with E-state index in [1.165, 1.54) is 0 Å². The van der Waals surface area contributed by atoms with Gasteiger partial charge in [-0.3, -0.25) is 9.20 Å². The molecule has 4 rings (SSSR count). The maximum atomic E-state index is 12.1. The molecule has 22 heavy (non-hydrogen) atoms. The van der Waals surface area contributed by atoms with Gasteiger partial charge in [0.1, 0.15) is 0 Å². The van der Waals surface area contributed by atoms with Crippen LogP contribution in [-0.2, 0) is 4.79 Å². The lowest BCUT2D eigenvalue weighted by Crippen LogP contribution is -2.27. The molecule has 1 N–H and O–H groups in total. The standard InChI is InChI=1S/C17H16N4O/c22-17(12-5-3-6-12)18-14-8-4-7-13(11-14)16-20-19-15-9-1-2-10-21(15)16/h1-2,4,7-12H,3,5-6H2,(H,18,22). The van der Waals surface area contributed by atoms with Crippen molar-refractivity contribution in [1.29, 1.82) is 0 Å². The lowest BCUT2D eigenvalue weighted by molar-refractivity contribution is -0.122. The van der Waals surface area contributed by atoms with Crippen molar-refractivity contribution >= 4 is 17.2 Å². The van der Waals surface area contributed by atoms with Crippen LogP contribution in [0.3, 0.4) is 0 Å². The molecule has 0 aliphatic heterocycles. The van der Waals surface area contributed by atoms with E-state index in [2.05, 4.69) is 15.5 Å². The number of benzene rings is 1. The minimum Gasteiger partial charge on any atom is -0.326 e. The molecule has 110 valence electrons. The topological polar surface area (TPSA) is 59.3 Å². The molecule has 1 saturated carbocycles. The molecule has 1 aliphatic carbocycles. The molecule has 1 aliphatic rings. The van der Waals surface area contributed by atoms with E-state index in [1.807, 2.05) is 53.1 Å². The van der Waals surface area contributed by atoms with Crippen molar-refractivity contribution in [3.63, 3.8) is 0 Å². The molecule has 5 heteroatoms. The molecule has 3 aromatic rings. The van der Waals surface area contributed by atoms with Crippen LogP contribution in [0, 0.1) is 5.92 Å². The largest absolute Gasteiger partial charge is 0.326 e. The number of fused-ring (bicyclic) bond motifs is 1. The smallest absolute Gasteiger partial charge is 0.227 e. The highest BCUT2D eigenvalue weighted by atomic mass is 16.1. The van der Waals surface area contributed by atoms with Crippen LogP contribution in [0.4, 0.5) is 5.69 Å². The number of nitrogens with zero attached hydrogens (tertiary/aromatic N) is 3. The number of amides is 1. The van der Waals surface area contributed by atoms with E-state index in [0.29, 0.717) is 0 Å². The molecule has 0 saturated heterocycles. The maximum Gasteiger partial charge on any atom is 0.227 e. The van der Waals surface area contributed by atoms with Crippen molar-refractivity contribution in [1.82, 2.24) is 14.6 Å². The van der Waals surface area contributed by atoms with E-state index in [9.17, 15) is 4.79 Å². The van der Waals surface area contributed by atoms with E-state index in [1.54, 1.807) is 0 Å². The quantitative estimate of drug-likeness (QED) is 0.806. The Morgan fingerprint density at radius 3 is 2.86 bits per heavy atom. The Bertz CT molecular complexity index is 835. The van der Waals surface area contributed by atoms with Crippen LogP contribution in [0.25, 0.3) is 17.0 Å². The number of carbonyl (C=O) groups is 1. The second-order valence-corrected chi connectivity index (χ2v) is 5.65. The lowest BCUT2D eigenvalue weighted by Gasteiger charge is -2.24. The van der Waals surface area contributed by atoms with Crippen molar-refractivity contribution in [3.8, 4) is 11.4 Å². The van der Waals surface area contributed by atoms with Crippen LogP contribution in [0.5, 0.6) is 0 Å². The monoisotopic (exact) mass is 292 g/mol. The molecule has 1 amide bonds. The molecule has 5 nitrogen and oxygen atoms in total. The number of nitrogens with one attached hydrogen (secondary N) is 1. The molecule has 0 bridgehead atoms. The van der Waals surface area contributed by atoms with E-state index in [-0.39, 0.29) is 11.8 Å². The molecule has 2 heterocycles. The van der Waals surface area contributed by atoms with Crippen molar-refractivity contribution in [2.24, 2.45) is 5.92 Å². The summed E-state index contributed by atoms with van der Waals surface area (Å²) in [4.78, 5) is 12.1. The van der Waals surface area contributed by atoms with Crippen LogP contribution < -0.4 is 5.32 Å². The molecule has 1 fully saturated rings. The van der Waals surface area contributed by atoms with Gasteiger partial charge in [0.15, 0.2) is 11.5 Å². The number of pyridine rings is 1. The van der Waals surface area contributed by atoms with Gasteiger partial charge < -0.3 is 5.32 Å². The van der Waals surface area contributed by atoms with Gasteiger partial charge in [0.2, 0.25) is 5.91 Å². The number of rotatable bonds is 3. The lowest BCUT2D eigenvalue weighted by atomic mass is 9.85. The maximum absolute atomic E-state index is 12.1. The van der Waals surface area contributed by atoms with E-state index >= 15 is 0 Å². The number of hydrogen-bond acceptors (Lipinski definition) is 3. The Hall–Kier alpha value is -2.69. The number of hydrogen-bond donors (Lipinski definition) is 1. The molecule has 2 aromatic heterocycles. The zero-order valence-corrected chi connectivity index (χ0v) is 12.1. The highest BCUT2D eigenvalue weighted by Crippen LogP contribution is 2.28. The normalized spacial score (nSPS) is 14.7. The Morgan fingerprint density at radius 1 is 1.14 bits per heavy atom. The SMILES string of the molecule is O=C(Nc1cccc(-c2nnc3ccccn23)c1)C1CCC1. The van der Waals surface area contributed by atoms with Crippen molar-refractivity contribution in [2.75, 3.05) is 5.32 Å². The van der Waals surface area contributed by atoms with E-state index < -0.39 is 0 Å². The summed E-state index contributed by atoms with van der Waals surface area (Å²) in [5, 5.41) is 11.4. The van der Waals surface area contributed by atoms with Crippen molar-refractivity contribution in [3.05, 3.63) is 48.7 Å². The summed E-state index contributed by atoms with van der Waals surface area (Å²) < 4.78 is 1.94. The minimum atomic E-state index is 0.120. The van der Waals surface area contributed by atoms with Gasteiger partial charge in [-0.25, -0.2) is 0 Å². The summed E-state index contributed by atoms with van der Waals surface area (Å²) in [6.45, 7) is 0. The van der Waals surface area contributed by atoms with E-state index in [0.717, 1.165) is 42.0 Å². The zero-order chi connectivity index (χ0) is 14.9. The Balaban J connectivity index is 1.65. The molecule has 0 spiro atoms. The van der Waals surface area contributed by atoms with Gasteiger partial charge in [-0.2, -0.15) is 0 Å². The highest BCUT2D eigenvalue weighted by molar-refractivity contribution is 5.93. The van der Waals surface area contributed by atoms with Crippen LogP contribution >= 0.6 is 0 Å². The number of carbonyl (C=O) groups excluding carboxylic acids is 1. The van der Waals surface area contributed by atoms with Gasteiger partial charge in [-0.15, -0.1) is 10.2 Å². The fourth-order valence-electron chi connectivity index (χ4n) is 2.69. The van der Waals surface area contributed by atoms with Crippen LogP contribution in [-0.4, -0.2) is 20.5 Å². The van der Waals surface area contributed by atoms with Crippen LogP contribution in [0.2, 0.25) is 0 Å². The van der Waals surface area contributed by atoms with Crippen molar-refractivity contribution in [2.45, 2.75) is 19.3 Å². The Morgan fingerprint density at radius 2 is 2.05 bits per heavy atom. The first-order chi connectivity index (χ1) is 10.8. The van der Waals surface area contributed by atoms with Gasteiger partial charge in [-0.05, 0) is 37.1 Å².